The third-order valence-corrected chi connectivity index (χ3v) is 4.88. The Hall–Kier alpha value is -3.73. The van der Waals surface area contributed by atoms with E-state index in [2.05, 4.69) is 0 Å². The molecule has 0 aliphatic heterocycles. The van der Waals surface area contributed by atoms with Gasteiger partial charge in [-0.2, -0.15) is 0 Å². The summed E-state index contributed by atoms with van der Waals surface area (Å²) in [6, 6.07) is 17.8. The van der Waals surface area contributed by atoms with Crippen LogP contribution in [0.15, 0.2) is 60.7 Å². The topological polar surface area (TPSA) is 76.0 Å². The van der Waals surface area contributed by atoms with Crippen molar-refractivity contribution in [1.82, 2.24) is 0 Å². The summed E-state index contributed by atoms with van der Waals surface area (Å²) in [7, 11) is 2.85. The number of hydrogen-bond donors (Lipinski definition) is 2. The third kappa shape index (κ3) is 2.68. The minimum absolute atomic E-state index is 0.000126. The molecule has 0 bridgehead atoms. The van der Waals surface area contributed by atoms with Gasteiger partial charge in [-0.25, -0.2) is 4.79 Å². The molecule has 0 saturated carbocycles. The second kappa shape index (κ2) is 6.78. The highest BCUT2D eigenvalue weighted by Crippen LogP contribution is 2.46. The van der Waals surface area contributed by atoms with Crippen LogP contribution in [0.4, 0.5) is 0 Å². The molecule has 0 fully saturated rings. The van der Waals surface area contributed by atoms with Crippen molar-refractivity contribution < 1.29 is 24.5 Å². The van der Waals surface area contributed by atoms with Gasteiger partial charge < -0.3 is 19.7 Å². The normalized spacial score (nSPS) is 10.9. The summed E-state index contributed by atoms with van der Waals surface area (Å²) in [4.78, 5) is 12.2. The average Bonchev–Trinajstić information content (AvgIpc) is 2.73. The lowest BCUT2D eigenvalue weighted by Gasteiger charge is -2.16. The molecule has 4 rings (SSSR count). The number of fused-ring (bicyclic) bond motifs is 2. The number of phenolic OH excluding ortho intramolecular Hbond substituents is 2. The molecule has 0 unspecified atom stereocenters. The van der Waals surface area contributed by atoms with Crippen LogP contribution in [0.25, 0.3) is 32.7 Å². The molecule has 0 saturated heterocycles. The number of esters is 1. The number of ether oxygens (including phenoxy) is 2. The lowest BCUT2D eigenvalue weighted by molar-refractivity contribution is 0.0597. The van der Waals surface area contributed by atoms with Crippen LogP contribution < -0.4 is 4.74 Å². The van der Waals surface area contributed by atoms with Crippen molar-refractivity contribution >= 4 is 27.5 Å². The van der Waals surface area contributed by atoms with Gasteiger partial charge in [-0.3, -0.25) is 0 Å². The van der Waals surface area contributed by atoms with Gasteiger partial charge in [0.15, 0.2) is 0 Å². The van der Waals surface area contributed by atoms with E-state index in [0.29, 0.717) is 22.3 Å². The van der Waals surface area contributed by atoms with Gasteiger partial charge in [0, 0.05) is 11.1 Å². The molecule has 4 aromatic rings. The Kier molecular flexibility index (Phi) is 4.28. The molecule has 0 atom stereocenters. The fourth-order valence-electron chi connectivity index (χ4n) is 3.54. The number of aromatic hydroxyl groups is 2. The van der Waals surface area contributed by atoms with E-state index < -0.39 is 5.97 Å². The maximum Gasteiger partial charge on any atom is 0.341 e. The summed E-state index contributed by atoms with van der Waals surface area (Å²) < 4.78 is 10.1. The van der Waals surface area contributed by atoms with Crippen molar-refractivity contribution in [2.45, 2.75) is 0 Å². The molecule has 0 spiro atoms. The fraction of sp³-hybridized carbons (Fsp3) is 0.0870. The van der Waals surface area contributed by atoms with Crippen LogP contribution in [0.2, 0.25) is 0 Å². The molecule has 140 valence electrons. The first-order valence-corrected chi connectivity index (χ1v) is 8.68. The summed E-state index contributed by atoms with van der Waals surface area (Å²) >= 11 is 0. The van der Waals surface area contributed by atoms with Crippen LogP contribution in [0.3, 0.4) is 0 Å². The Morgan fingerprint density at radius 1 is 0.821 bits per heavy atom. The van der Waals surface area contributed by atoms with Crippen molar-refractivity contribution in [3.05, 3.63) is 66.2 Å². The second-order valence-electron chi connectivity index (χ2n) is 6.41. The van der Waals surface area contributed by atoms with E-state index in [1.165, 1.54) is 7.11 Å². The van der Waals surface area contributed by atoms with Gasteiger partial charge in [0.2, 0.25) is 0 Å². The van der Waals surface area contributed by atoms with E-state index in [4.69, 9.17) is 9.47 Å². The van der Waals surface area contributed by atoms with Crippen LogP contribution in [0.1, 0.15) is 10.4 Å². The van der Waals surface area contributed by atoms with Crippen molar-refractivity contribution in [3.63, 3.8) is 0 Å². The van der Waals surface area contributed by atoms with Crippen molar-refractivity contribution in [3.8, 4) is 28.4 Å². The monoisotopic (exact) mass is 374 g/mol. The zero-order valence-corrected chi connectivity index (χ0v) is 15.4. The quantitative estimate of drug-likeness (QED) is 0.501. The van der Waals surface area contributed by atoms with Crippen LogP contribution in [-0.2, 0) is 4.74 Å². The number of benzene rings is 4. The Labute approximate surface area is 161 Å². The summed E-state index contributed by atoms with van der Waals surface area (Å²) in [5.74, 6) is -0.197. The van der Waals surface area contributed by atoms with Gasteiger partial charge in [-0.05, 0) is 51.9 Å². The predicted octanol–water partition coefficient (Wildman–Crippen LogP) is 4.87. The van der Waals surface area contributed by atoms with E-state index >= 15 is 0 Å². The standard InChI is InChI=1S/C23H18O5/c1-27-15-8-9-17-14(11-15)7-10-19(24)20(17)21-16-6-4-3-5-13(16)12-18(22(21)25)23(26)28-2/h3-12,24-25H,1-2H3. The Morgan fingerprint density at radius 3 is 2.29 bits per heavy atom. The molecule has 5 heteroatoms. The third-order valence-electron chi connectivity index (χ3n) is 4.88. The van der Waals surface area contributed by atoms with Crippen molar-refractivity contribution in [2.75, 3.05) is 14.2 Å². The minimum Gasteiger partial charge on any atom is -0.507 e. The highest BCUT2D eigenvalue weighted by Gasteiger charge is 2.23. The van der Waals surface area contributed by atoms with Crippen LogP contribution in [0, 0.1) is 0 Å². The average molecular weight is 374 g/mol. The summed E-state index contributed by atoms with van der Waals surface area (Å²) in [6.45, 7) is 0. The first-order chi connectivity index (χ1) is 13.5. The predicted molar refractivity (Wildman–Crippen MR) is 108 cm³/mol. The zero-order valence-electron chi connectivity index (χ0n) is 15.4. The summed E-state index contributed by atoms with van der Waals surface area (Å²) in [6.07, 6.45) is 0. The SMILES string of the molecule is COC(=O)c1cc2ccccc2c(-c2c(O)ccc3cc(OC)ccc23)c1O. The maximum absolute atomic E-state index is 12.2. The van der Waals surface area contributed by atoms with E-state index in [1.54, 1.807) is 31.4 Å². The Bertz CT molecular complexity index is 1230. The number of phenols is 2. The summed E-state index contributed by atoms with van der Waals surface area (Å²) in [5, 5.41) is 24.7. The van der Waals surface area contributed by atoms with E-state index in [9.17, 15) is 15.0 Å². The lowest BCUT2D eigenvalue weighted by Crippen LogP contribution is -2.03. The number of hydrogen-bond acceptors (Lipinski definition) is 5. The molecule has 5 nitrogen and oxygen atoms in total. The lowest BCUT2D eigenvalue weighted by atomic mass is 9.90. The van der Waals surface area contributed by atoms with Gasteiger partial charge in [-0.15, -0.1) is 0 Å². The maximum atomic E-state index is 12.2. The van der Waals surface area contributed by atoms with Crippen molar-refractivity contribution in [2.24, 2.45) is 0 Å². The molecular weight excluding hydrogens is 356 g/mol. The molecule has 28 heavy (non-hydrogen) atoms. The summed E-state index contributed by atoms with van der Waals surface area (Å²) in [5.41, 5.74) is 0.868. The first kappa shape index (κ1) is 17.7. The number of carbonyl (C=O) groups is 1. The molecule has 0 aromatic heterocycles. The van der Waals surface area contributed by atoms with Gasteiger partial charge in [0.25, 0.3) is 0 Å². The van der Waals surface area contributed by atoms with Gasteiger partial charge in [0.05, 0.1) is 14.2 Å². The van der Waals surface area contributed by atoms with Crippen LogP contribution in [-0.4, -0.2) is 30.4 Å². The molecule has 0 aliphatic rings. The highest BCUT2D eigenvalue weighted by molar-refractivity contribution is 6.13. The van der Waals surface area contributed by atoms with E-state index in [0.717, 1.165) is 16.2 Å². The molecule has 0 amide bonds. The molecule has 0 aliphatic carbocycles. The smallest absolute Gasteiger partial charge is 0.341 e. The number of carbonyl (C=O) groups excluding carboxylic acids is 1. The fourth-order valence-corrected chi connectivity index (χ4v) is 3.54. The molecule has 0 radical (unpaired) electrons. The van der Waals surface area contributed by atoms with Gasteiger partial charge in [0.1, 0.15) is 22.8 Å². The van der Waals surface area contributed by atoms with Crippen LogP contribution in [0.5, 0.6) is 17.2 Å². The minimum atomic E-state index is -0.647. The highest BCUT2D eigenvalue weighted by atomic mass is 16.5. The molecule has 0 heterocycles. The van der Waals surface area contributed by atoms with E-state index in [1.807, 2.05) is 36.4 Å². The largest absolute Gasteiger partial charge is 0.507 e. The molecule has 4 aromatic carbocycles. The zero-order chi connectivity index (χ0) is 19.8. The Balaban J connectivity index is 2.16. The Morgan fingerprint density at radius 2 is 1.54 bits per heavy atom. The van der Waals surface area contributed by atoms with Crippen LogP contribution >= 0.6 is 0 Å². The molecular formula is C23H18O5. The van der Waals surface area contributed by atoms with Gasteiger partial charge in [-0.1, -0.05) is 30.3 Å². The van der Waals surface area contributed by atoms with E-state index in [-0.39, 0.29) is 17.1 Å². The first-order valence-electron chi connectivity index (χ1n) is 8.68. The number of rotatable bonds is 3. The van der Waals surface area contributed by atoms with Crippen molar-refractivity contribution in [1.29, 1.82) is 0 Å². The molecule has 2 N–H and O–H groups in total. The van der Waals surface area contributed by atoms with Gasteiger partial charge >= 0.3 is 5.97 Å². The number of methoxy groups -OCH3 is 2. The second-order valence-corrected chi connectivity index (χ2v) is 6.41.